The number of carbonyl (C=O) groups excluding carboxylic acids is 1. The van der Waals surface area contributed by atoms with Crippen molar-refractivity contribution in [1.82, 2.24) is 19.1 Å². The van der Waals surface area contributed by atoms with E-state index in [0.29, 0.717) is 0 Å². The van der Waals surface area contributed by atoms with Gasteiger partial charge in [-0.3, -0.25) is 19.1 Å². The Morgan fingerprint density at radius 3 is 2.67 bits per heavy atom. The van der Waals surface area contributed by atoms with Gasteiger partial charge in [0.25, 0.3) is 5.56 Å². The van der Waals surface area contributed by atoms with E-state index in [1.165, 1.54) is 0 Å². The smallest absolute Gasteiger partial charge is 0.333 e. The zero-order valence-electron chi connectivity index (χ0n) is 14.2. The van der Waals surface area contributed by atoms with Crippen LogP contribution in [0.2, 0.25) is 0 Å². The molecule has 2 aromatic heterocycles. The van der Waals surface area contributed by atoms with E-state index in [2.05, 4.69) is 9.97 Å². The van der Waals surface area contributed by atoms with Crippen molar-refractivity contribution < 1.29 is 29.6 Å². The number of carbonyl (C=O) groups is 1. The Kier molecular flexibility index (Phi) is 5.01. The van der Waals surface area contributed by atoms with Gasteiger partial charge in [-0.15, -0.1) is 0 Å². The van der Waals surface area contributed by atoms with Crippen LogP contribution in [0.4, 0.5) is 5.95 Å². The minimum absolute atomic E-state index is 0.0720. The van der Waals surface area contributed by atoms with Crippen molar-refractivity contribution in [2.24, 2.45) is 0 Å². The van der Waals surface area contributed by atoms with Crippen LogP contribution in [-0.4, -0.2) is 71.9 Å². The molecule has 0 unspecified atom stereocenters. The normalized spacial score (nSPS) is 25.2. The molecule has 1 fully saturated rings. The number of rotatable bonds is 5. The molecule has 3 rings (SSSR count). The lowest BCUT2D eigenvalue weighted by Crippen LogP contribution is -2.36. The van der Waals surface area contributed by atoms with Crippen LogP contribution in [0.3, 0.4) is 0 Å². The molecule has 0 aliphatic carbocycles. The van der Waals surface area contributed by atoms with Gasteiger partial charge >= 0.3 is 11.7 Å². The predicted molar refractivity (Wildman–Crippen MR) is 88.7 cm³/mol. The number of fused-ring (bicyclic) bond motifs is 1. The zero-order chi connectivity index (χ0) is 19.9. The first-order valence-electron chi connectivity index (χ1n) is 8.08. The first-order valence-corrected chi connectivity index (χ1v) is 8.08. The maximum absolute atomic E-state index is 12.9. The molecule has 3 heterocycles. The van der Waals surface area contributed by atoms with Crippen molar-refractivity contribution in [3.63, 3.8) is 0 Å². The number of nitrogens with zero attached hydrogens (tertiary/aromatic N) is 3. The summed E-state index contributed by atoms with van der Waals surface area (Å²) in [5.41, 5.74) is 3.32. The van der Waals surface area contributed by atoms with E-state index in [1.54, 1.807) is 6.92 Å². The van der Waals surface area contributed by atoms with Gasteiger partial charge in [-0.2, -0.15) is 4.98 Å². The lowest BCUT2D eigenvalue weighted by molar-refractivity contribution is -0.143. The Bertz CT molecular complexity index is 978. The number of anilines is 1. The van der Waals surface area contributed by atoms with Gasteiger partial charge in [0.1, 0.15) is 24.9 Å². The maximum Gasteiger partial charge on any atom is 0.333 e. The summed E-state index contributed by atoms with van der Waals surface area (Å²) in [6, 6.07) is 0. The second-order valence-corrected chi connectivity index (χ2v) is 5.90. The third kappa shape index (κ3) is 3.10. The fraction of sp³-hybridized carbons (Fsp3) is 0.571. The molecule has 0 spiro atoms. The molecule has 6 N–H and O–H groups in total. The van der Waals surface area contributed by atoms with Crippen LogP contribution in [0.5, 0.6) is 0 Å². The maximum atomic E-state index is 12.9. The summed E-state index contributed by atoms with van der Waals surface area (Å²) >= 11 is 0. The number of nitrogens with one attached hydrogen (secondary N) is 1. The zero-order valence-corrected chi connectivity index (χ0v) is 14.2. The molecule has 0 radical (unpaired) electrons. The fourth-order valence-electron chi connectivity index (χ4n) is 3.00. The number of esters is 1. The summed E-state index contributed by atoms with van der Waals surface area (Å²) < 4.78 is 11.8. The highest BCUT2D eigenvalue weighted by Gasteiger charge is 2.45. The quantitative estimate of drug-likeness (QED) is 0.324. The topological polar surface area (TPSA) is 195 Å². The summed E-state index contributed by atoms with van der Waals surface area (Å²) in [6.07, 6.45) is -5.68. The minimum Gasteiger partial charge on any atom is -0.465 e. The second kappa shape index (κ2) is 7.11. The van der Waals surface area contributed by atoms with Crippen molar-refractivity contribution in [2.45, 2.75) is 38.0 Å². The molecule has 1 aliphatic rings. The van der Waals surface area contributed by atoms with Gasteiger partial charge in [-0.25, -0.2) is 9.36 Å². The number of aliphatic hydroxyl groups excluding tert-OH is 3. The molecule has 1 saturated heterocycles. The van der Waals surface area contributed by atoms with Crippen molar-refractivity contribution in [3.8, 4) is 0 Å². The number of imidazole rings is 1. The fourth-order valence-corrected chi connectivity index (χ4v) is 3.00. The highest BCUT2D eigenvalue weighted by Crippen LogP contribution is 2.30. The summed E-state index contributed by atoms with van der Waals surface area (Å²) in [4.78, 5) is 43.1. The molecular weight excluding hydrogens is 366 g/mol. The molecule has 0 bridgehead atoms. The first kappa shape index (κ1) is 19.0. The van der Waals surface area contributed by atoms with Crippen LogP contribution in [0.15, 0.2) is 9.59 Å². The third-order valence-electron chi connectivity index (χ3n) is 4.19. The lowest BCUT2D eigenvalue weighted by Gasteiger charge is -2.15. The largest absolute Gasteiger partial charge is 0.465 e. The molecule has 13 heteroatoms. The first-order chi connectivity index (χ1) is 12.8. The van der Waals surface area contributed by atoms with E-state index in [9.17, 15) is 29.7 Å². The Labute approximate surface area is 150 Å². The minimum atomic E-state index is -1.59. The molecule has 0 aromatic carbocycles. The standard InChI is InChI=1S/C14H19N5O8/c1-2-26-6(21)3-18-7-10(16-13(15)17-11(7)24)19(14(18)25)12-9(23)8(22)5(4-20)27-12/h5,8-9,12,20,22-23H,2-4H2,1H3,(H3,15,16,17,24)/t5-,8-,9-,12-/m1/s1. The molecule has 2 aromatic rings. The highest BCUT2D eigenvalue weighted by atomic mass is 16.6. The van der Waals surface area contributed by atoms with Crippen LogP contribution in [-0.2, 0) is 20.8 Å². The van der Waals surface area contributed by atoms with Gasteiger partial charge in [0.2, 0.25) is 5.95 Å². The van der Waals surface area contributed by atoms with E-state index in [-0.39, 0.29) is 23.7 Å². The molecule has 0 amide bonds. The van der Waals surface area contributed by atoms with E-state index >= 15 is 0 Å². The Morgan fingerprint density at radius 1 is 1.37 bits per heavy atom. The summed E-state index contributed by atoms with van der Waals surface area (Å²) in [6.45, 7) is 0.460. The number of aromatic amines is 1. The predicted octanol–water partition coefficient (Wildman–Crippen LogP) is -3.36. The highest BCUT2D eigenvalue weighted by molar-refractivity contribution is 5.76. The van der Waals surface area contributed by atoms with Gasteiger partial charge in [0.05, 0.1) is 13.2 Å². The summed E-state index contributed by atoms with van der Waals surface area (Å²) in [5.74, 6) is -1.07. The number of hydrogen-bond donors (Lipinski definition) is 5. The van der Waals surface area contributed by atoms with E-state index in [0.717, 1.165) is 9.13 Å². The van der Waals surface area contributed by atoms with Crippen molar-refractivity contribution in [3.05, 3.63) is 20.8 Å². The van der Waals surface area contributed by atoms with E-state index in [1.807, 2.05) is 0 Å². The number of H-pyrrole nitrogens is 1. The number of nitrogen functional groups attached to an aromatic ring is 1. The average Bonchev–Trinajstić information content (AvgIpc) is 3.03. The van der Waals surface area contributed by atoms with Crippen LogP contribution in [0.1, 0.15) is 13.2 Å². The van der Waals surface area contributed by atoms with Gasteiger partial charge in [0.15, 0.2) is 17.4 Å². The van der Waals surface area contributed by atoms with E-state index in [4.69, 9.17) is 15.2 Å². The third-order valence-corrected chi connectivity index (χ3v) is 4.19. The van der Waals surface area contributed by atoms with Crippen molar-refractivity contribution >= 4 is 23.1 Å². The lowest BCUT2D eigenvalue weighted by atomic mass is 10.1. The molecule has 4 atom stereocenters. The molecule has 0 saturated carbocycles. The molecule has 1 aliphatic heterocycles. The summed E-state index contributed by atoms with van der Waals surface area (Å²) in [5, 5.41) is 29.4. The van der Waals surface area contributed by atoms with Gasteiger partial charge in [-0.1, -0.05) is 0 Å². The van der Waals surface area contributed by atoms with Gasteiger partial charge in [0, 0.05) is 0 Å². The number of nitrogens with two attached hydrogens (primary N) is 1. The van der Waals surface area contributed by atoms with E-state index < -0.39 is 54.9 Å². The molecular formula is C14H19N5O8. The number of aliphatic hydroxyl groups is 3. The second-order valence-electron chi connectivity index (χ2n) is 5.90. The number of aromatic nitrogens is 4. The Balaban J connectivity index is 2.22. The van der Waals surface area contributed by atoms with Crippen LogP contribution >= 0.6 is 0 Å². The van der Waals surface area contributed by atoms with Crippen LogP contribution < -0.4 is 17.0 Å². The van der Waals surface area contributed by atoms with Crippen molar-refractivity contribution in [1.29, 1.82) is 0 Å². The van der Waals surface area contributed by atoms with Gasteiger partial charge < -0.3 is 30.5 Å². The number of ether oxygens (including phenoxy) is 2. The SMILES string of the molecule is CCOC(=O)Cn1c(=O)n([C@@H]2O[C@H](CO)[C@@H](O)[C@H]2O)c2nc(N)[nH]c(=O)c21. The Hall–Kier alpha value is -2.74. The molecule has 148 valence electrons. The number of hydrogen-bond acceptors (Lipinski definition) is 10. The summed E-state index contributed by atoms with van der Waals surface area (Å²) in [7, 11) is 0. The molecule has 13 nitrogen and oxygen atoms in total. The average molecular weight is 385 g/mol. The van der Waals surface area contributed by atoms with Crippen LogP contribution in [0.25, 0.3) is 11.2 Å². The Morgan fingerprint density at radius 2 is 2.07 bits per heavy atom. The van der Waals surface area contributed by atoms with Gasteiger partial charge in [-0.05, 0) is 6.92 Å². The van der Waals surface area contributed by atoms with Crippen molar-refractivity contribution in [2.75, 3.05) is 18.9 Å². The monoisotopic (exact) mass is 385 g/mol. The van der Waals surface area contributed by atoms with Crippen LogP contribution in [0, 0.1) is 0 Å². The molecule has 27 heavy (non-hydrogen) atoms.